The highest BCUT2D eigenvalue weighted by Gasteiger charge is 2.11. The minimum atomic E-state index is 0.286. The fourth-order valence-corrected chi connectivity index (χ4v) is 1.72. The van der Waals surface area contributed by atoms with Crippen molar-refractivity contribution in [1.82, 2.24) is 9.55 Å². The summed E-state index contributed by atoms with van der Waals surface area (Å²) in [6, 6.07) is 5.25. The first kappa shape index (κ1) is 13.1. The van der Waals surface area contributed by atoms with E-state index < -0.39 is 0 Å². The van der Waals surface area contributed by atoms with E-state index in [4.69, 9.17) is 9.47 Å². The first-order valence-corrected chi connectivity index (χ1v) is 6.06. The molecule has 0 spiro atoms. The third-order valence-electron chi connectivity index (χ3n) is 2.70. The third-order valence-corrected chi connectivity index (χ3v) is 2.70. The van der Waals surface area contributed by atoms with E-state index in [0.717, 1.165) is 12.1 Å². The molecule has 1 aromatic heterocycles. The molecule has 5 nitrogen and oxygen atoms in total. The van der Waals surface area contributed by atoms with Crippen LogP contribution in [0.4, 0.5) is 0 Å². The van der Waals surface area contributed by atoms with Crippen LogP contribution in [0.3, 0.4) is 0 Å². The summed E-state index contributed by atoms with van der Waals surface area (Å²) in [5.41, 5.74) is 0.472. The number of aromatic nitrogens is 2. The lowest BCUT2D eigenvalue weighted by molar-refractivity contribution is 0.111. The number of rotatable bonds is 6. The zero-order chi connectivity index (χ0) is 13.7. The first-order valence-electron chi connectivity index (χ1n) is 6.06. The van der Waals surface area contributed by atoms with Gasteiger partial charge in [-0.3, -0.25) is 4.79 Å². The van der Waals surface area contributed by atoms with Crippen molar-refractivity contribution in [2.75, 3.05) is 6.61 Å². The molecule has 100 valence electrons. The van der Waals surface area contributed by atoms with E-state index in [9.17, 15) is 4.79 Å². The van der Waals surface area contributed by atoms with Crippen LogP contribution in [0.2, 0.25) is 0 Å². The maximum absolute atomic E-state index is 11.1. The van der Waals surface area contributed by atoms with Crippen molar-refractivity contribution < 1.29 is 14.3 Å². The molecular weight excluding hydrogens is 244 g/mol. The highest BCUT2D eigenvalue weighted by Crippen LogP contribution is 2.30. The van der Waals surface area contributed by atoms with E-state index in [1.54, 1.807) is 24.4 Å². The third kappa shape index (κ3) is 2.93. The van der Waals surface area contributed by atoms with E-state index >= 15 is 0 Å². The SMILES string of the molecule is CCOc1cccc(C=O)c1OCc1nccn1C. The summed E-state index contributed by atoms with van der Waals surface area (Å²) in [7, 11) is 1.89. The molecule has 0 atom stereocenters. The molecule has 0 unspecified atom stereocenters. The van der Waals surface area contributed by atoms with Gasteiger partial charge in [-0.2, -0.15) is 0 Å². The molecular formula is C14H16N2O3. The quantitative estimate of drug-likeness (QED) is 0.747. The zero-order valence-corrected chi connectivity index (χ0v) is 11.0. The van der Waals surface area contributed by atoms with E-state index in [1.165, 1.54) is 0 Å². The molecule has 5 heteroatoms. The van der Waals surface area contributed by atoms with Gasteiger partial charge in [0.25, 0.3) is 0 Å². The second-order valence-electron chi connectivity index (χ2n) is 3.97. The molecule has 0 fully saturated rings. The summed E-state index contributed by atoms with van der Waals surface area (Å²) >= 11 is 0. The van der Waals surface area contributed by atoms with Crippen molar-refractivity contribution in [3.8, 4) is 11.5 Å². The van der Waals surface area contributed by atoms with Crippen molar-refractivity contribution in [2.24, 2.45) is 7.05 Å². The van der Waals surface area contributed by atoms with Gasteiger partial charge in [0.2, 0.25) is 0 Å². The van der Waals surface area contributed by atoms with Crippen molar-refractivity contribution in [1.29, 1.82) is 0 Å². The monoisotopic (exact) mass is 260 g/mol. The van der Waals surface area contributed by atoms with Gasteiger partial charge in [-0.05, 0) is 19.1 Å². The number of ether oxygens (including phenoxy) is 2. The Morgan fingerprint density at radius 1 is 1.37 bits per heavy atom. The number of benzene rings is 1. The van der Waals surface area contributed by atoms with Crippen LogP contribution in [0.15, 0.2) is 30.6 Å². The minimum absolute atomic E-state index is 0.286. The van der Waals surface area contributed by atoms with Crippen LogP contribution in [0.5, 0.6) is 11.5 Å². The lowest BCUT2D eigenvalue weighted by Gasteiger charge is -2.13. The molecule has 19 heavy (non-hydrogen) atoms. The number of aryl methyl sites for hydroxylation is 1. The molecule has 2 aromatic rings. The number of hydrogen-bond donors (Lipinski definition) is 0. The Morgan fingerprint density at radius 3 is 2.84 bits per heavy atom. The van der Waals surface area contributed by atoms with Crippen LogP contribution >= 0.6 is 0 Å². The lowest BCUT2D eigenvalue weighted by atomic mass is 10.2. The molecule has 0 aliphatic rings. The number of para-hydroxylation sites is 1. The standard InChI is InChI=1S/C14H16N2O3/c1-3-18-12-6-4-5-11(9-17)14(12)19-10-13-15-7-8-16(13)2/h4-9H,3,10H2,1-2H3. The molecule has 0 aliphatic carbocycles. The summed E-state index contributed by atoms with van der Waals surface area (Å²) < 4.78 is 13.0. The van der Waals surface area contributed by atoms with Crippen molar-refractivity contribution in [2.45, 2.75) is 13.5 Å². The van der Waals surface area contributed by atoms with Gasteiger partial charge in [0.1, 0.15) is 12.4 Å². The van der Waals surface area contributed by atoms with E-state index in [-0.39, 0.29) is 6.61 Å². The molecule has 2 rings (SSSR count). The summed E-state index contributed by atoms with van der Waals surface area (Å²) in [6.07, 6.45) is 4.30. The molecule has 0 radical (unpaired) electrons. The number of hydrogen-bond acceptors (Lipinski definition) is 4. The smallest absolute Gasteiger partial charge is 0.172 e. The highest BCUT2D eigenvalue weighted by atomic mass is 16.5. The van der Waals surface area contributed by atoms with Gasteiger partial charge in [-0.15, -0.1) is 0 Å². The summed E-state index contributed by atoms with van der Waals surface area (Å²) in [6.45, 7) is 2.69. The maximum Gasteiger partial charge on any atom is 0.172 e. The van der Waals surface area contributed by atoms with Crippen LogP contribution in [-0.4, -0.2) is 22.4 Å². The van der Waals surface area contributed by atoms with Crippen LogP contribution < -0.4 is 9.47 Å². The number of imidazole rings is 1. The predicted molar refractivity (Wildman–Crippen MR) is 70.5 cm³/mol. The van der Waals surface area contributed by atoms with Gasteiger partial charge in [0, 0.05) is 19.4 Å². The topological polar surface area (TPSA) is 53.4 Å². The lowest BCUT2D eigenvalue weighted by Crippen LogP contribution is -2.06. The largest absolute Gasteiger partial charge is 0.490 e. The first-order chi connectivity index (χ1) is 9.26. The molecule has 0 aliphatic heterocycles. The number of aldehydes is 1. The fraction of sp³-hybridized carbons (Fsp3) is 0.286. The van der Waals surface area contributed by atoms with Crippen molar-refractivity contribution in [3.05, 3.63) is 42.0 Å². The Bertz CT molecular complexity index is 564. The maximum atomic E-state index is 11.1. The molecule has 0 amide bonds. The zero-order valence-electron chi connectivity index (χ0n) is 11.0. The molecule has 1 aromatic carbocycles. The Morgan fingerprint density at radius 2 is 2.21 bits per heavy atom. The van der Waals surface area contributed by atoms with Gasteiger partial charge in [0.05, 0.1) is 12.2 Å². The Kier molecular flexibility index (Phi) is 4.18. The van der Waals surface area contributed by atoms with Crippen LogP contribution in [0, 0.1) is 0 Å². The Balaban J connectivity index is 2.22. The predicted octanol–water partition coefficient (Wildman–Crippen LogP) is 2.21. The van der Waals surface area contributed by atoms with Gasteiger partial charge in [0.15, 0.2) is 17.8 Å². The average molecular weight is 260 g/mol. The molecule has 0 saturated heterocycles. The van der Waals surface area contributed by atoms with Crippen molar-refractivity contribution in [3.63, 3.8) is 0 Å². The van der Waals surface area contributed by atoms with E-state index in [0.29, 0.717) is 23.7 Å². The summed E-state index contributed by atoms with van der Waals surface area (Å²) in [5.74, 6) is 1.81. The minimum Gasteiger partial charge on any atom is -0.490 e. The van der Waals surface area contributed by atoms with Crippen LogP contribution in [-0.2, 0) is 13.7 Å². The molecule has 0 saturated carbocycles. The number of carbonyl (C=O) groups is 1. The van der Waals surface area contributed by atoms with Crippen LogP contribution in [0.25, 0.3) is 0 Å². The molecule has 1 heterocycles. The average Bonchev–Trinajstić information content (AvgIpc) is 2.83. The molecule has 0 N–H and O–H groups in total. The van der Waals surface area contributed by atoms with Gasteiger partial charge in [-0.25, -0.2) is 4.98 Å². The number of carbonyl (C=O) groups excluding carboxylic acids is 1. The second-order valence-corrected chi connectivity index (χ2v) is 3.97. The number of nitrogens with zero attached hydrogens (tertiary/aromatic N) is 2. The Labute approximate surface area is 111 Å². The van der Waals surface area contributed by atoms with Gasteiger partial charge in [-0.1, -0.05) is 6.07 Å². The second kappa shape index (κ2) is 6.04. The highest BCUT2D eigenvalue weighted by molar-refractivity contribution is 5.81. The summed E-state index contributed by atoms with van der Waals surface area (Å²) in [5, 5.41) is 0. The van der Waals surface area contributed by atoms with Gasteiger partial charge < -0.3 is 14.0 Å². The summed E-state index contributed by atoms with van der Waals surface area (Å²) in [4.78, 5) is 15.2. The van der Waals surface area contributed by atoms with E-state index in [1.807, 2.05) is 24.7 Å². The molecule has 0 bridgehead atoms. The fourth-order valence-electron chi connectivity index (χ4n) is 1.72. The van der Waals surface area contributed by atoms with Gasteiger partial charge >= 0.3 is 0 Å². The normalized spacial score (nSPS) is 10.2. The van der Waals surface area contributed by atoms with Crippen molar-refractivity contribution >= 4 is 6.29 Å². The Hall–Kier alpha value is -2.30. The van der Waals surface area contributed by atoms with Crippen LogP contribution in [0.1, 0.15) is 23.1 Å². The van der Waals surface area contributed by atoms with E-state index in [2.05, 4.69) is 4.98 Å².